The van der Waals surface area contributed by atoms with Crippen LogP contribution in [0.25, 0.3) is 10.6 Å². The second-order valence-electron chi connectivity index (χ2n) is 4.04. The first-order valence-electron chi connectivity index (χ1n) is 5.26. The lowest BCUT2D eigenvalue weighted by molar-refractivity contribution is 0.102. The first kappa shape index (κ1) is 11.8. The maximum absolute atomic E-state index is 11.2. The smallest absolute Gasteiger partial charge is 0.171 e. The highest BCUT2D eigenvalue weighted by molar-refractivity contribution is 7.16. The number of benzene rings is 1. The van der Waals surface area contributed by atoms with E-state index in [1.165, 1.54) is 18.3 Å². The number of hydrogen-bond acceptors (Lipinski definition) is 4. The number of phenols is 1. The van der Waals surface area contributed by atoms with Gasteiger partial charge in [0.25, 0.3) is 0 Å². The van der Waals surface area contributed by atoms with Crippen molar-refractivity contribution in [2.24, 2.45) is 0 Å². The number of hydrogen-bond donors (Lipinski definition) is 1. The molecule has 2 aromatic rings. The van der Waals surface area contributed by atoms with E-state index in [9.17, 15) is 9.90 Å². The molecule has 0 fully saturated rings. The Labute approximate surface area is 104 Å². The first-order valence-corrected chi connectivity index (χ1v) is 6.08. The summed E-state index contributed by atoms with van der Waals surface area (Å²) in [6.07, 6.45) is 1.60. The fraction of sp³-hybridized carbons (Fsp3) is 0.231. The lowest BCUT2D eigenvalue weighted by atomic mass is 10.1. The van der Waals surface area contributed by atoms with Crippen molar-refractivity contribution in [3.05, 3.63) is 34.3 Å². The standard InChI is InChI=1S/C13H13NO2S/c1-7-4-10(5-8(2)12(7)16)13-14-6-11(17-13)9(3)15/h4-6,16H,1-3H3. The minimum atomic E-state index is 0.0287. The van der Waals surface area contributed by atoms with Crippen LogP contribution in [0.2, 0.25) is 0 Å². The van der Waals surface area contributed by atoms with Crippen molar-refractivity contribution in [2.45, 2.75) is 20.8 Å². The van der Waals surface area contributed by atoms with E-state index in [1.54, 1.807) is 6.20 Å². The molecule has 0 aliphatic rings. The molecule has 4 heteroatoms. The first-order chi connectivity index (χ1) is 7.99. The third-order valence-corrected chi connectivity index (χ3v) is 3.74. The summed E-state index contributed by atoms with van der Waals surface area (Å²) in [4.78, 5) is 16.1. The van der Waals surface area contributed by atoms with Crippen LogP contribution >= 0.6 is 11.3 Å². The van der Waals surface area contributed by atoms with Gasteiger partial charge in [-0.3, -0.25) is 4.79 Å². The molecule has 0 amide bonds. The summed E-state index contributed by atoms with van der Waals surface area (Å²) in [6.45, 7) is 5.24. The molecule has 0 radical (unpaired) electrons. The summed E-state index contributed by atoms with van der Waals surface area (Å²) < 4.78 is 0. The Bertz CT molecular complexity index is 564. The molecule has 0 aliphatic heterocycles. The SMILES string of the molecule is CC(=O)c1cnc(-c2cc(C)c(O)c(C)c2)s1. The van der Waals surface area contributed by atoms with Gasteiger partial charge in [-0.2, -0.15) is 0 Å². The van der Waals surface area contributed by atoms with Gasteiger partial charge in [-0.05, 0) is 37.1 Å². The summed E-state index contributed by atoms with van der Waals surface area (Å²) in [6, 6.07) is 3.76. The second-order valence-corrected chi connectivity index (χ2v) is 5.08. The Morgan fingerprint density at radius 2 is 1.88 bits per heavy atom. The van der Waals surface area contributed by atoms with E-state index in [0.29, 0.717) is 10.6 Å². The van der Waals surface area contributed by atoms with Crippen molar-refractivity contribution < 1.29 is 9.90 Å². The van der Waals surface area contributed by atoms with Crippen LogP contribution in [0.4, 0.5) is 0 Å². The number of aromatic hydroxyl groups is 1. The molecule has 3 nitrogen and oxygen atoms in total. The molecule has 17 heavy (non-hydrogen) atoms. The van der Waals surface area contributed by atoms with E-state index in [2.05, 4.69) is 4.98 Å². The van der Waals surface area contributed by atoms with E-state index >= 15 is 0 Å². The van der Waals surface area contributed by atoms with Gasteiger partial charge in [0.15, 0.2) is 5.78 Å². The molecule has 0 saturated carbocycles. The number of ketones is 1. The Morgan fingerprint density at radius 3 is 2.35 bits per heavy atom. The average Bonchev–Trinajstić information content (AvgIpc) is 2.74. The number of carbonyl (C=O) groups is 1. The van der Waals surface area contributed by atoms with Crippen LogP contribution in [0.1, 0.15) is 27.7 Å². The summed E-state index contributed by atoms with van der Waals surface area (Å²) >= 11 is 1.38. The topological polar surface area (TPSA) is 50.2 Å². The molecule has 1 aromatic carbocycles. The third-order valence-electron chi connectivity index (χ3n) is 2.59. The molecule has 1 N–H and O–H groups in total. The van der Waals surface area contributed by atoms with Crippen LogP contribution < -0.4 is 0 Å². The molecule has 0 atom stereocenters. The number of aryl methyl sites for hydroxylation is 2. The van der Waals surface area contributed by atoms with Crippen LogP contribution in [0.15, 0.2) is 18.3 Å². The van der Waals surface area contributed by atoms with Gasteiger partial charge in [-0.1, -0.05) is 0 Å². The fourth-order valence-corrected chi connectivity index (χ4v) is 2.45. The quantitative estimate of drug-likeness (QED) is 0.828. The number of phenolic OH excluding ortho intramolecular Hbond substituents is 1. The van der Waals surface area contributed by atoms with Crippen LogP contribution in [0, 0.1) is 13.8 Å². The second kappa shape index (κ2) is 4.30. The maximum Gasteiger partial charge on any atom is 0.171 e. The Kier molecular flexibility index (Phi) is 2.98. The summed E-state index contributed by atoms with van der Waals surface area (Å²) in [7, 11) is 0. The normalized spacial score (nSPS) is 10.5. The summed E-state index contributed by atoms with van der Waals surface area (Å²) in [5, 5.41) is 10.5. The molecule has 2 rings (SSSR count). The van der Waals surface area contributed by atoms with Crippen molar-refractivity contribution in [3.63, 3.8) is 0 Å². The molecule has 0 spiro atoms. The van der Waals surface area contributed by atoms with Gasteiger partial charge in [0.05, 0.1) is 4.88 Å². The zero-order valence-corrected chi connectivity index (χ0v) is 10.8. The minimum absolute atomic E-state index is 0.0287. The van der Waals surface area contributed by atoms with Crippen molar-refractivity contribution in [1.82, 2.24) is 4.98 Å². The van der Waals surface area contributed by atoms with E-state index in [-0.39, 0.29) is 5.78 Å². The van der Waals surface area contributed by atoms with E-state index < -0.39 is 0 Å². The number of rotatable bonds is 2. The number of thiazole rings is 1. The van der Waals surface area contributed by atoms with Crippen molar-refractivity contribution in [2.75, 3.05) is 0 Å². The average molecular weight is 247 g/mol. The number of carbonyl (C=O) groups excluding carboxylic acids is 1. The van der Waals surface area contributed by atoms with E-state index in [1.807, 2.05) is 26.0 Å². The lowest BCUT2D eigenvalue weighted by Gasteiger charge is -2.05. The van der Waals surface area contributed by atoms with Crippen LogP contribution in [-0.2, 0) is 0 Å². The van der Waals surface area contributed by atoms with Gasteiger partial charge in [0.1, 0.15) is 10.8 Å². The highest BCUT2D eigenvalue weighted by Crippen LogP contribution is 2.31. The highest BCUT2D eigenvalue weighted by atomic mass is 32.1. The zero-order valence-electron chi connectivity index (χ0n) is 9.94. The van der Waals surface area contributed by atoms with Gasteiger partial charge in [-0.25, -0.2) is 4.98 Å². The summed E-state index contributed by atoms with van der Waals surface area (Å²) in [5.41, 5.74) is 2.58. The molecule has 0 bridgehead atoms. The highest BCUT2D eigenvalue weighted by Gasteiger charge is 2.10. The largest absolute Gasteiger partial charge is 0.507 e. The monoisotopic (exact) mass is 247 g/mol. The molecule has 0 saturated heterocycles. The predicted octanol–water partition coefficient (Wildman–Crippen LogP) is 3.34. The fourth-order valence-electron chi connectivity index (χ4n) is 1.65. The Hall–Kier alpha value is -1.68. The molecule has 88 valence electrons. The van der Waals surface area contributed by atoms with E-state index in [0.717, 1.165) is 21.7 Å². The maximum atomic E-state index is 11.2. The Morgan fingerprint density at radius 1 is 1.29 bits per heavy atom. The molecule has 0 unspecified atom stereocenters. The van der Waals surface area contributed by atoms with Crippen molar-refractivity contribution in [1.29, 1.82) is 0 Å². The molecular formula is C13H13NO2S. The van der Waals surface area contributed by atoms with Crippen molar-refractivity contribution in [3.8, 4) is 16.3 Å². The number of nitrogens with zero attached hydrogens (tertiary/aromatic N) is 1. The van der Waals surface area contributed by atoms with Crippen LogP contribution in [0.3, 0.4) is 0 Å². The van der Waals surface area contributed by atoms with Gasteiger partial charge in [-0.15, -0.1) is 11.3 Å². The third kappa shape index (κ3) is 2.22. The molecule has 1 aromatic heterocycles. The minimum Gasteiger partial charge on any atom is -0.507 e. The number of Topliss-reactive ketones (excluding diaryl/α,β-unsaturated/α-hetero) is 1. The Balaban J connectivity index is 2.49. The van der Waals surface area contributed by atoms with Crippen LogP contribution in [0.5, 0.6) is 5.75 Å². The van der Waals surface area contributed by atoms with Gasteiger partial charge in [0.2, 0.25) is 0 Å². The van der Waals surface area contributed by atoms with Gasteiger partial charge < -0.3 is 5.11 Å². The lowest BCUT2D eigenvalue weighted by Crippen LogP contribution is -1.84. The van der Waals surface area contributed by atoms with Crippen molar-refractivity contribution >= 4 is 17.1 Å². The number of aromatic nitrogens is 1. The predicted molar refractivity (Wildman–Crippen MR) is 68.7 cm³/mol. The summed E-state index contributed by atoms with van der Waals surface area (Å²) in [5.74, 6) is 0.345. The molecule has 0 aliphatic carbocycles. The molecular weight excluding hydrogens is 234 g/mol. The van der Waals surface area contributed by atoms with Crippen LogP contribution in [-0.4, -0.2) is 15.9 Å². The van der Waals surface area contributed by atoms with Gasteiger partial charge >= 0.3 is 0 Å². The van der Waals surface area contributed by atoms with Gasteiger partial charge in [0, 0.05) is 18.7 Å². The zero-order chi connectivity index (χ0) is 12.6. The van der Waals surface area contributed by atoms with E-state index in [4.69, 9.17) is 0 Å². The molecule has 1 heterocycles.